The molecular formula is C8H17NO2. The zero-order chi connectivity index (χ0) is 8.10. The van der Waals surface area contributed by atoms with Gasteiger partial charge in [0.15, 0.2) is 0 Å². The fourth-order valence-electron chi connectivity index (χ4n) is 1.44. The van der Waals surface area contributed by atoms with Crippen molar-refractivity contribution in [2.75, 3.05) is 13.2 Å². The number of aliphatic hydroxyl groups is 1. The van der Waals surface area contributed by atoms with Crippen molar-refractivity contribution in [1.82, 2.24) is 0 Å². The number of hydrogen-bond acceptors (Lipinski definition) is 3. The first kappa shape index (κ1) is 8.97. The van der Waals surface area contributed by atoms with Crippen LogP contribution in [0.25, 0.3) is 0 Å². The Morgan fingerprint density at radius 3 is 2.82 bits per heavy atom. The van der Waals surface area contributed by atoms with Crippen molar-refractivity contribution in [3.63, 3.8) is 0 Å². The van der Waals surface area contributed by atoms with E-state index in [1.807, 2.05) is 0 Å². The van der Waals surface area contributed by atoms with Crippen LogP contribution in [0.3, 0.4) is 0 Å². The van der Waals surface area contributed by atoms with E-state index in [4.69, 9.17) is 15.6 Å². The van der Waals surface area contributed by atoms with Gasteiger partial charge >= 0.3 is 0 Å². The lowest BCUT2D eigenvalue weighted by molar-refractivity contribution is 0.0481. The van der Waals surface area contributed by atoms with Crippen LogP contribution in [0, 0.1) is 0 Å². The molecule has 0 saturated heterocycles. The summed E-state index contributed by atoms with van der Waals surface area (Å²) in [7, 11) is 0. The van der Waals surface area contributed by atoms with Gasteiger partial charge in [0, 0.05) is 19.3 Å². The number of rotatable bonds is 4. The van der Waals surface area contributed by atoms with Gasteiger partial charge in [-0.05, 0) is 25.7 Å². The van der Waals surface area contributed by atoms with Gasteiger partial charge in [-0.25, -0.2) is 0 Å². The van der Waals surface area contributed by atoms with Gasteiger partial charge in [0.05, 0.1) is 6.10 Å². The minimum atomic E-state index is 0.221. The molecule has 3 heteroatoms. The van der Waals surface area contributed by atoms with Gasteiger partial charge in [-0.15, -0.1) is 0 Å². The van der Waals surface area contributed by atoms with Gasteiger partial charge in [-0.1, -0.05) is 0 Å². The molecule has 3 N–H and O–H groups in total. The molecule has 1 saturated carbocycles. The van der Waals surface area contributed by atoms with Crippen molar-refractivity contribution in [1.29, 1.82) is 0 Å². The summed E-state index contributed by atoms with van der Waals surface area (Å²) in [4.78, 5) is 0. The van der Waals surface area contributed by atoms with E-state index < -0.39 is 0 Å². The lowest BCUT2D eigenvalue weighted by atomic mass is 10.3. The summed E-state index contributed by atoms with van der Waals surface area (Å²) in [5.41, 5.74) is 5.70. The molecular weight excluding hydrogens is 142 g/mol. The Labute approximate surface area is 67.5 Å². The second kappa shape index (κ2) is 4.70. The van der Waals surface area contributed by atoms with Gasteiger partial charge < -0.3 is 15.6 Å². The third kappa shape index (κ3) is 3.18. The fraction of sp³-hybridized carbons (Fsp3) is 1.00. The van der Waals surface area contributed by atoms with Crippen LogP contribution in [0.2, 0.25) is 0 Å². The van der Waals surface area contributed by atoms with Gasteiger partial charge in [-0.3, -0.25) is 0 Å². The van der Waals surface area contributed by atoms with Gasteiger partial charge in [0.2, 0.25) is 0 Å². The van der Waals surface area contributed by atoms with Crippen LogP contribution >= 0.6 is 0 Å². The maximum atomic E-state index is 8.49. The summed E-state index contributed by atoms with van der Waals surface area (Å²) in [5, 5.41) is 8.49. The highest BCUT2D eigenvalue weighted by atomic mass is 16.5. The quantitative estimate of drug-likeness (QED) is 0.579. The second-order valence-electron chi connectivity index (χ2n) is 3.14. The zero-order valence-electron chi connectivity index (χ0n) is 6.83. The predicted octanol–water partition coefficient (Wildman–Crippen LogP) is 0.265. The molecule has 1 aliphatic carbocycles. The van der Waals surface area contributed by atoms with E-state index in [1.54, 1.807) is 0 Å². The third-order valence-corrected chi connectivity index (χ3v) is 2.08. The van der Waals surface area contributed by atoms with Crippen LogP contribution < -0.4 is 5.73 Å². The van der Waals surface area contributed by atoms with Crippen molar-refractivity contribution >= 4 is 0 Å². The summed E-state index contributed by atoms with van der Waals surface area (Å²) < 4.78 is 5.47. The molecule has 0 amide bonds. The number of hydrogen-bond donors (Lipinski definition) is 2. The highest BCUT2D eigenvalue weighted by molar-refractivity contribution is 4.77. The minimum Gasteiger partial charge on any atom is -0.396 e. The first-order valence-corrected chi connectivity index (χ1v) is 4.31. The Kier molecular flexibility index (Phi) is 3.83. The van der Waals surface area contributed by atoms with E-state index in [2.05, 4.69) is 0 Å². The van der Waals surface area contributed by atoms with E-state index in [9.17, 15) is 0 Å². The summed E-state index contributed by atoms with van der Waals surface area (Å²) in [6, 6.07) is 0.342. The average Bonchev–Trinajstić information content (AvgIpc) is 2.37. The molecule has 0 bridgehead atoms. The van der Waals surface area contributed by atoms with Crippen LogP contribution in [-0.4, -0.2) is 30.5 Å². The predicted molar refractivity (Wildman–Crippen MR) is 43.3 cm³/mol. The van der Waals surface area contributed by atoms with E-state index in [0.717, 1.165) is 25.7 Å². The molecule has 2 unspecified atom stereocenters. The molecule has 1 rings (SSSR count). The Hall–Kier alpha value is -0.120. The topological polar surface area (TPSA) is 55.5 Å². The Balaban J connectivity index is 1.99. The molecule has 2 atom stereocenters. The first-order chi connectivity index (χ1) is 5.33. The molecule has 0 aromatic heterocycles. The largest absolute Gasteiger partial charge is 0.396 e. The Bertz CT molecular complexity index is 108. The molecule has 3 nitrogen and oxygen atoms in total. The maximum Gasteiger partial charge on any atom is 0.0590 e. The van der Waals surface area contributed by atoms with Crippen LogP contribution in [-0.2, 0) is 4.74 Å². The molecule has 1 aliphatic rings. The van der Waals surface area contributed by atoms with Crippen molar-refractivity contribution in [2.24, 2.45) is 5.73 Å². The van der Waals surface area contributed by atoms with E-state index in [-0.39, 0.29) is 6.61 Å². The highest BCUT2D eigenvalue weighted by Crippen LogP contribution is 2.20. The summed E-state index contributed by atoms with van der Waals surface area (Å²) in [6.45, 7) is 0.895. The van der Waals surface area contributed by atoms with Crippen LogP contribution in [0.4, 0.5) is 0 Å². The van der Waals surface area contributed by atoms with Crippen LogP contribution in [0.1, 0.15) is 25.7 Å². The monoisotopic (exact) mass is 159 g/mol. The number of nitrogens with two attached hydrogens (primary N) is 1. The molecule has 66 valence electrons. The summed E-state index contributed by atoms with van der Waals surface area (Å²) >= 11 is 0. The molecule has 0 heterocycles. The van der Waals surface area contributed by atoms with Crippen molar-refractivity contribution in [3.8, 4) is 0 Å². The van der Waals surface area contributed by atoms with E-state index >= 15 is 0 Å². The van der Waals surface area contributed by atoms with E-state index in [1.165, 1.54) is 0 Å². The third-order valence-electron chi connectivity index (χ3n) is 2.08. The molecule has 0 aromatic carbocycles. The minimum absolute atomic E-state index is 0.221. The first-order valence-electron chi connectivity index (χ1n) is 4.31. The lowest BCUT2D eigenvalue weighted by Crippen LogP contribution is -2.18. The fourth-order valence-corrected chi connectivity index (χ4v) is 1.44. The molecule has 1 fully saturated rings. The zero-order valence-corrected chi connectivity index (χ0v) is 6.83. The second-order valence-corrected chi connectivity index (χ2v) is 3.14. The van der Waals surface area contributed by atoms with Crippen molar-refractivity contribution < 1.29 is 9.84 Å². The number of aliphatic hydroxyl groups excluding tert-OH is 1. The van der Waals surface area contributed by atoms with E-state index in [0.29, 0.717) is 18.8 Å². The highest BCUT2D eigenvalue weighted by Gasteiger charge is 2.21. The smallest absolute Gasteiger partial charge is 0.0590 e. The SMILES string of the molecule is NC1CCC(OCCCO)C1. The van der Waals surface area contributed by atoms with Crippen LogP contribution in [0.15, 0.2) is 0 Å². The average molecular weight is 159 g/mol. The standard InChI is InChI=1S/C8H17NO2/c9-7-2-3-8(6-7)11-5-1-4-10/h7-8,10H,1-6,9H2. The van der Waals surface area contributed by atoms with Gasteiger partial charge in [0.1, 0.15) is 0 Å². The molecule has 11 heavy (non-hydrogen) atoms. The normalized spacial score (nSPS) is 31.1. The van der Waals surface area contributed by atoms with Crippen LogP contribution in [0.5, 0.6) is 0 Å². The Morgan fingerprint density at radius 2 is 2.27 bits per heavy atom. The van der Waals surface area contributed by atoms with Gasteiger partial charge in [0.25, 0.3) is 0 Å². The van der Waals surface area contributed by atoms with Gasteiger partial charge in [-0.2, -0.15) is 0 Å². The molecule has 0 aliphatic heterocycles. The molecule has 0 aromatic rings. The number of ether oxygens (including phenoxy) is 1. The lowest BCUT2D eigenvalue weighted by Gasteiger charge is -2.09. The summed E-state index contributed by atoms with van der Waals surface area (Å²) in [5.74, 6) is 0. The maximum absolute atomic E-state index is 8.49. The van der Waals surface area contributed by atoms with Crippen molar-refractivity contribution in [3.05, 3.63) is 0 Å². The molecule has 0 radical (unpaired) electrons. The molecule has 0 spiro atoms. The summed E-state index contributed by atoms with van der Waals surface area (Å²) in [6.07, 6.45) is 4.27. The Morgan fingerprint density at radius 1 is 1.45 bits per heavy atom. The van der Waals surface area contributed by atoms with Crippen molar-refractivity contribution in [2.45, 2.75) is 37.8 Å².